The molecule has 3 heterocycles. The van der Waals surface area contributed by atoms with E-state index in [0.717, 1.165) is 22.2 Å². The molecule has 0 radical (unpaired) electrons. The summed E-state index contributed by atoms with van der Waals surface area (Å²) in [5.41, 5.74) is 1.69. The minimum Gasteiger partial charge on any atom is -0.462 e. The summed E-state index contributed by atoms with van der Waals surface area (Å²) in [5, 5.41) is 10.8. The van der Waals surface area contributed by atoms with Crippen molar-refractivity contribution < 1.29 is 4.42 Å². The molecule has 0 bridgehead atoms. The standard InChI is InChI=1S/C11H9ClN4OS/c12-4-8-5-16(15-14-8)6-9-7-18-11(13-9)10-2-1-3-17-10/h1-3,5,7H,4,6H2. The van der Waals surface area contributed by atoms with E-state index < -0.39 is 0 Å². The Balaban J connectivity index is 1.77. The van der Waals surface area contributed by atoms with E-state index >= 15 is 0 Å². The number of hydrogen-bond donors (Lipinski definition) is 0. The summed E-state index contributed by atoms with van der Waals surface area (Å²) < 4.78 is 7.02. The van der Waals surface area contributed by atoms with Gasteiger partial charge in [0.05, 0.1) is 36.3 Å². The molecule has 18 heavy (non-hydrogen) atoms. The quantitative estimate of drug-likeness (QED) is 0.690. The van der Waals surface area contributed by atoms with Crippen molar-refractivity contribution in [2.75, 3.05) is 0 Å². The molecule has 3 aromatic heterocycles. The van der Waals surface area contributed by atoms with Gasteiger partial charge >= 0.3 is 0 Å². The maximum Gasteiger partial charge on any atom is 0.162 e. The zero-order valence-corrected chi connectivity index (χ0v) is 10.9. The van der Waals surface area contributed by atoms with Crippen molar-refractivity contribution in [2.45, 2.75) is 12.4 Å². The van der Waals surface area contributed by atoms with Crippen LogP contribution >= 0.6 is 22.9 Å². The fraction of sp³-hybridized carbons (Fsp3) is 0.182. The predicted molar refractivity (Wildman–Crippen MR) is 68.5 cm³/mol. The van der Waals surface area contributed by atoms with Gasteiger partial charge in [-0.05, 0) is 12.1 Å². The molecule has 0 aliphatic heterocycles. The lowest BCUT2D eigenvalue weighted by Crippen LogP contribution is -2.00. The number of furan rings is 1. The van der Waals surface area contributed by atoms with Crippen molar-refractivity contribution in [3.63, 3.8) is 0 Å². The van der Waals surface area contributed by atoms with E-state index in [0.29, 0.717) is 12.4 Å². The van der Waals surface area contributed by atoms with Gasteiger partial charge in [0, 0.05) is 5.38 Å². The third kappa shape index (κ3) is 2.30. The van der Waals surface area contributed by atoms with Crippen molar-refractivity contribution >= 4 is 22.9 Å². The van der Waals surface area contributed by atoms with Gasteiger partial charge in [-0.3, -0.25) is 0 Å². The van der Waals surface area contributed by atoms with Crippen LogP contribution in [0.4, 0.5) is 0 Å². The highest BCUT2D eigenvalue weighted by Crippen LogP contribution is 2.24. The third-order valence-electron chi connectivity index (χ3n) is 2.33. The second-order valence-electron chi connectivity index (χ2n) is 3.66. The molecule has 5 nitrogen and oxygen atoms in total. The third-order valence-corrected chi connectivity index (χ3v) is 3.51. The molecular weight excluding hydrogens is 272 g/mol. The van der Waals surface area contributed by atoms with Gasteiger partial charge < -0.3 is 4.42 Å². The Labute approximate surface area is 112 Å². The molecule has 0 saturated heterocycles. The molecule has 0 amide bonds. The average molecular weight is 281 g/mol. The van der Waals surface area contributed by atoms with E-state index in [-0.39, 0.29) is 0 Å². The number of hydrogen-bond acceptors (Lipinski definition) is 5. The van der Waals surface area contributed by atoms with Gasteiger partial charge in [-0.15, -0.1) is 28.0 Å². The second-order valence-corrected chi connectivity index (χ2v) is 4.79. The molecular formula is C11H9ClN4OS. The minimum atomic E-state index is 0.370. The topological polar surface area (TPSA) is 56.7 Å². The van der Waals surface area contributed by atoms with Crippen LogP contribution in [0.2, 0.25) is 0 Å². The van der Waals surface area contributed by atoms with Gasteiger partial charge in [-0.25, -0.2) is 9.67 Å². The summed E-state index contributed by atoms with van der Waals surface area (Å²) in [5.74, 6) is 1.15. The van der Waals surface area contributed by atoms with E-state index in [1.165, 1.54) is 0 Å². The van der Waals surface area contributed by atoms with Gasteiger partial charge in [0.2, 0.25) is 0 Å². The van der Waals surface area contributed by atoms with E-state index in [2.05, 4.69) is 15.3 Å². The van der Waals surface area contributed by atoms with Crippen molar-refractivity contribution in [3.05, 3.63) is 41.4 Å². The second kappa shape index (κ2) is 4.91. The number of halogens is 1. The number of alkyl halides is 1. The van der Waals surface area contributed by atoms with E-state index in [1.807, 2.05) is 23.7 Å². The normalized spacial score (nSPS) is 10.9. The lowest BCUT2D eigenvalue weighted by atomic mass is 10.4. The van der Waals surface area contributed by atoms with Crippen molar-refractivity contribution in [2.24, 2.45) is 0 Å². The highest BCUT2D eigenvalue weighted by Gasteiger charge is 2.08. The van der Waals surface area contributed by atoms with Gasteiger partial charge in [-0.2, -0.15) is 0 Å². The molecule has 0 saturated carbocycles. The summed E-state index contributed by atoms with van der Waals surface area (Å²) in [6.07, 6.45) is 3.46. The van der Waals surface area contributed by atoms with Crippen molar-refractivity contribution in [3.8, 4) is 10.8 Å². The van der Waals surface area contributed by atoms with Crippen LogP contribution in [0.3, 0.4) is 0 Å². The Kier molecular flexibility index (Phi) is 3.12. The molecule has 92 valence electrons. The Hall–Kier alpha value is -1.66. The Bertz CT molecular complexity index is 631. The molecule has 0 unspecified atom stereocenters. The Morgan fingerprint density at radius 2 is 2.33 bits per heavy atom. The first kappa shape index (κ1) is 11.4. The fourth-order valence-corrected chi connectivity index (χ4v) is 2.44. The van der Waals surface area contributed by atoms with E-state index in [9.17, 15) is 0 Å². The van der Waals surface area contributed by atoms with E-state index in [4.69, 9.17) is 16.0 Å². The van der Waals surface area contributed by atoms with Gasteiger partial charge in [-0.1, -0.05) is 5.21 Å². The number of thiazole rings is 1. The fourth-order valence-electron chi connectivity index (χ4n) is 1.54. The molecule has 0 aliphatic rings. The van der Waals surface area contributed by atoms with Gasteiger partial charge in [0.1, 0.15) is 0 Å². The predicted octanol–water partition coefficient (Wildman–Crippen LogP) is 2.78. The summed E-state index contributed by atoms with van der Waals surface area (Å²) >= 11 is 7.22. The largest absolute Gasteiger partial charge is 0.462 e. The molecule has 7 heteroatoms. The maximum absolute atomic E-state index is 5.67. The van der Waals surface area contributed by atoms with Crippen molar-refractivity contribution in [1.82, 2.24) is 20.0 Å². The first-order valence-electron chi connectivity index (χ1n) is 5.28. The molecule has 0 atom stereocenters. The number of rotatable bonds is 4. The molecule has 0 N–H and O–H groups in total. The molecule has 3 rings (SSSR count). The minimum absolute atomic E-state index is 0.370. The van der Waals surface area contributed by atoms with Crippen LogP contribution in [0.1, 0.15) is 11.4 Å². The number of nitrogens with zero attached hydrogens (tertiary/aromatic N) is 4. The Morgan fingerprint density at radius 1 is 1.39 bits per heavy atom. The summed E-state index contributed by atoms with van der Waals surface area (Å²) in [4.78, 5) is 4.49. The van der Waals surface area contributed by atoms with Crippen LogP contribution in [0.5, 0.6) is 0 Å². The van der Waals surface area contributed by atoms with Crippen LogP contribution in [0, 0.1) is 0 Å². The molecule has 0 aliphatic carbocycles. The average Bonchev–Trinajstić information content (AvgIpc) is 3.10. The highest BCUT2D eigenvalue weighted by atomic mass is 35.5. The summed E-state index contributed by atoms with van der Waals surface area (Å²) in [7, 11) is 0. The van der Waals surface area contributed by atoms with Crippen LogP contribution in [-0.2, 0) is 12.4 Å². The molecule has 0 fully saturated rings. The van der Waals surface area contributed by atoms with Crippen molar-refractivity contribution in [1.29, 1.82) is 0 Å². The van der Waals surface area contributed by atoms with Crippen LogP contribution < -0.4 is 0 Å². The summed E-state index contributed by atoms with van der Waals surface area (Å²) in [6.45, 7) is 0.584. The number of aromatic nitrogens is 4. The smallest absolute Gasteiger partial charge is 0.162 e. The van der Waals surface area contributed by atoms with Crippen LogP contribution in [0.15, 0.2) is 34.4 Å². The molecule has 3 aromatic rings. The Morgan fingerprint density at radius 3 is 3.06 bits per heavy atom. The maximum atomic E-state index is 5.67. The lowest BCUT2D eigenvalue weighted by Gasteiger charge is -1.94. The van der Waals surface area contributed by atoms with E-state index in [1.54, 1.807) is 22.3 Å². The molecule has 0 spiro atoms. The van der Waals surface area contributed by atoms with Crippen LogP contribution in [0.25, 0.3) is 10.8 Å². The van der Waals surface area contributed by atoms with Crippen LogP contribution in [-0.4, -0.2) is 20.0 Å². The van der Waals surface area contributed by atoms with Gasteiger partial charge in [0.15, 0.2) is 10.8 Å². The van der Waals surface area contributed by atoms with Gasteiger partial charge in [0.25, 0.3) is 0 Å². The zero-order chi connectivity index (χ0) is 12.4. The molecule has 0 aromatic carbocycles. The first-order chi connectivity index (χ1) is 8.85. The highest BCUT2D eigenvalue weighted by molar-refractivity contribution is 7.13. The first-order valence-corrected chi connectivity index (χ1v) is 6.70. The SMILES string of the molecule is ClCc1cn(Cc2csc(-c3ccco3)n2)nn1. The monoisotopic (exact) mass is 280 g/mol. The summed E-state index contributed by atoms with van der Waals surface area (Å²) in [6, 6.07) is 3.74. The zero-order valence-electron chi connectivity index (χ0n) is 9.28. The lowest BCUT2D eigenvalue weighted by molar-refractivity contribution is 0.581.